The summed E-state index contributed by atoms with van der Waals surface area (Å²) in [6.07, 6.45) is 3.08. The summed E-state index contributed by atoms with van der Waals surface area (Å²) in [5, 5.41) is 19.1. The van der Waals surface area contributed by atoms with E-state index in [4.69, 9.17) is 0 Å². The predicted molar refractivity (Wildman–Crippen MR) is 321 cm³/mol. The molecule has 5 atom stereocenters. The number of nitrogens with one attached hydrogen (secondary N) is 4. The van der Waals surface area contributed by atoms with Gasteiger partial charge in [-0.15, -0.1) is 11.3 Å². The van der Waals surface area contributed by atoms with Crippen LogP contribution in [-0.4, -0.2) is 147 Å². The molecule has 3 fully saturated rings. The van der Waals surface area contributed by atoms with E-state index >= 15 is 4.39 Å². The number of H-pyrrole nitrogens is 1. The van der Waals surface area contributed by atoms with E-state index in [1.807, 2.05) is 93.1 Å². The van der Waals surface area contributed by atoms with Crippen molar-refractivity contribution in [1.82, 2.24) is 40.3 Å². The van der Waals surface area contributed by atoms with Crippen molar-refractivity contribution in [3.05, 3.63) is 111 Å². The summed E-state index contributed by atoms with van der Waals surface area (Å²) in [6.45, 7) is 14.8. The maximum atomic E-state index is 16.2. The summed E-state index contributed by atoms with van der Waals surface area (Å²) in [5.41, 5.74) is 1.65. The molecule has 1 unspecified atom stereocenters. The number of hydrogen-bond acceptors (Lipinski definition) is 13. The Morgan fingerprint density at radius 1 is 0.824 bits per heavy atom. The highest BCUT2D eigenvalue weighted by Gasteiger charge is 2.45. The van der Waals surface area contributed by atoms with E-state index in [0.29, 0.717) is 75.2 Å². The van der Waals surface area contributed by atoms with Gasteiger partial charge in [-0.2, -0.15) is 13.2 Å². The first-order valence-electron chi connectivity index (χ1n) is 29.3. The van der Waals surface area contributed by atoms with Gasteiger partial charge in [0.2, 0.25) is 29.2 Å². The van der Waals surface area contributed by atoms with Gasteiger partial charge < -0.3 is 45.6 Å². The molecule has 3 aromatic heterocycles. The van der Waals surface area contributed by atoms with Crippen LogP contribution in [0.15, 0.2) is 77.3 Å². The lowest BCUT2D eigenvalue weighted by Gasteiger charge is -2.44. The fourth-order valence-electron chi connectivity index (χ4n) is 11.4. The summed E-state index contributed by atoms with van der Waals surface area (Å²) < 4.78 is 58.2. The van der Waals surface area contributed by atoms with Gasteiger partial charge >= 0.3 is 6.18 Å². The Bertz CT molecular complexity index is 3200. The van der Waals surface area contributed by atoms with Crippen molar-refractivity contribution in [2.45, 2.75) is 149 Å². The molecule has 0 radical (unpaired) electrons. The smallest absolute Gasteiger partial charge is 0.391 e. The summed E-state index contributed by atoms with van der Waals surface area (Å²) in [4.78, 5) is 101. The van der Waals surface area contributed by atoms with Gasteiger partial charge in [0.05, 0.1) is 44.7 Å². The maximum Gasteiger partial charge on any atom is 0.417 e. The third-order valence-electron chi connectivity index (χ3n) is 16.5. The molecule has 3 saturated heterocycles. The number of carbonyl (C=O) groups excluding carboxylic acids is 5. The molecule has 3 aliphatic heterocycles. The van der Waals surface area contributed by atoms with Crippen molar-refractivity contribution in [2.75, 3.05) is 68.0 Å². The Balaban J connectivity index is 0.745. The van der Waals surface area contributed by atoms with Crippen LogP contribution in [0.25, 0.3) is 21.6 Å². The number of anilines is 3. The molecule has 458 valence electrons. The molecule has 2 aromatic carbocycles. The summed E-state index contributed by atoms with van der Waals surface area (Å²) in [5.74, 6) is -2.05. The van der Waals surface area contributed by atoms with E-state index in [-0.39, 0.29) is 67.0 Å². The molecule has 8 rings (SSSR count). The van der Waals surface area contributed by atoms with Gasteiger partial charge in [0.1, 0.15) is 23.7 Å². The van der Waals surface area contributed by atoms with Gasteiger partial charge in [0.25, 0.3) is 5.91 Å². The first-order chi connectivity index (χ1) is 40.4. The minimum absolute atomic E-state index is 0.00363. The van der Waals surface area contributed by atoms with Crippen LogP contribution < -0.4 is 31.3 Å². The van der Waals surface area contributed by atoms with E-state index < -0.39 is 64.1 Å². The zero-order valence-corrected chi connectivity index (χ0v) is 50.3. The van der Waals surface area contributed by atoms with Gasteiger partial charge in [-0.3, -0.25) is 33.7 Å². The highest BCUT2D eigenvalue weighted by atomic mass is 32.1. The number of likely N-dealkylation sites (tertiary alicyclic amines) is 1. The normalized spacial score (nSPS) is 19.0. The fourth-order valence-corrected chi connectivity index (χ4v) is 12.2. The maximum absolute atomic E-state index is 16.2. The van der Waals surface area contributed by atoms with Crippen LogP contribution in [0.1, 0.15) is 126 Å². The third kappa shape index (κ3) is 16.2. The van der Waals surface area contributed by atoms with Crippen LogP contribution in [0.4, 0.5) is 34.8 Å². The number of aliphatic hydroxyl groups excluding tert-OH is 1. The molecule has 0 spiro atoms. The van der Waals surface area contributed by atoms with Crippen LogP contribution in [-0.2, 0) is 31.9 Å². The molecule has 85 heavy (non-hydrogen) atoms. The van der Waals surface area contributed by atoms with E-state index in [1.54, 1.807) is 23.5 Å². The lowest BCUT2D eigenvalue weighted by atomic mass is 9.85. The van der Waals surface area contributed by atoms with Gasteiger partial charge in [-0.1, -0.05) is 77.1 Å². The number of aromatic amines is 1. The molecular formula is C62H79F4N11O7S. The lowest BCUT2D eigenvalue weighted by molar-refractivity contribution is -0.144. The van der Waals surface area contributed by atoms with Crippen LogP contribution in [0.3, 0.4) is 0 Å². The van der Waals surface area contributed by atoms with Gasteiger partial charge in [0.15, 0.2) is 0 Å². The molecule has 5 N–H and O–H groups in total. The first-order valence-corrected chi connectivity index (χ1v) is 30.2. The Hall–Kier alpha value is -7.24. The number of benzene rings is 2. The van der Waals surface area contributed by atoms with Crippen molar-refractivity contribution in [3.63, 3.8) is 0 Å². The van der Waals surface area contributed by atoms with E-state index in [1.165, 1.54) is 23.2 Å². The third-order valence-corrected chi connectivity index (χ3v) is 17.5. The molecule has 0 aliphatic carbocycles. The predicted octanol–water partition coefficient (Wildman–Crippen LogP) is 8.78. The molecule has 6 heterocycles. The number of pyridine rings is 2. The molecule has 5 aromatic rings. The van der Waals surface area contributed by atoms with Gasteiger partial charge in [0, 0.05) is 113 Å². The number of nitrogens with zero attached hydrogens (tertiary/aromatic N) is 7. The number of piperazine rings is 2. The average Bonchev–Trinajstić information content (AvgIpc) is 1.97. The standard InChI is InChI=1S/C62H79F4N11O7S/c1-38-34-76(35-39(2)73(38)7)50-30-48(63)45(28-49(50)71-58(82)46-33-68-54(80)29-47(46)62(64,65)66)43-21-22-52(67-32-43)74-23-25-75(26-24-74)55(81)16-14-12-10-8-9-11-13-15-53(79)72-57(61(4,5)6)60(84)77-36-44(78)27-51(77)59(83)69-31-41-17-19-42(20-18-41)56-40(3)70-37-85-56/h17-22,28-30,32-33,37-39,44,51,57,78H,8-16,23-27,31,34-36H2,1-7H3,(H,68,80)(H,69,83)(H,71,82)(H,72,79)/t38-,39+,44-,51+,57?/m1/s1. The van der Waals surface area contributed by atoms with E-state index in [2.05, 4.69) is 35.8 Å². The Morgan fingerprint density at radius 3 is 2.08 bits per heavy atom. The first kappa shape index (κ1) is 63.8. The number of alkyl halides is 3. The summed E-state index contributed by atoms with van der Waals surface area (Å²) in [6, 6.07) is 12.6. The largest absolute Gasteiger partial charge is 0.417 e. The number of halogens is 4. The number of thiazole rings is 1. The van der Waals surface area contributed by atoms with Crippen molar-refractivity contribution >= 4 is 58.1 Å². The van der Waals surface area contributed by atoms with Crippen molar-refractivity contribution in [1.29, 1.82) is 0 Å². The van der Waals surface area contributed by atoms with E-state index in [9.17, 15) is 47.0 Å². The highest BCUT2D eigenvalue weighted by Crippen LogP contribution is 2.38. The molecule has 18 nitrogen and oxygen atoms in total. The van der Waals surface area contributed by atoms with Gasteiger partial charge in [-0.25, -0.2) is 14.4 Å². The Morgan fingerprint density at radius 2 is 1.47 bits per heavy atom. The highest BCUT2D eigenvalue weighted by molar-refractivity contribution is 7.13. The number of rotatable bonds is 21. The summed E-state index contributed by atoms with van der Waals surface area (Å²) in [7, 11) is 1.98. The van der Waals surface area contributed by atoms with Gasteiger partial charge in [-0.05, 0) is 81.5 Å². The number of aliphatic hydroxyl groups is 1. The zero-order chi connectivity index (χ0) is 61.3. The number of unbranched alkanes of at least 4 members (excludes halogenated alkanes) is 6. The quantitative estimate of drug-likeness (QED) is 0.0344. The van der Waals surface area contributed by atoms with Crippen LogP contribution in [0, 0.1) is 18.2 Å². The molecule has 0 bridgehead atoms. The number of β-amino-alcohol motifs (C(OH)–C–C–N with tert-alkyl or cyclic N) is 1. The second-order valence-electron chi connectivity index (χ2n) is 23.9. The second kappa shape index (κ2) is 27.9. The fraction of sp³-hybridized carbons (Fsp3) is 0.516. The zero-order valence-electron chi connectivity index (χ0n) is 49.5. The van der Waals surface area contributed by atoms with Crippen LogP contribution >= 0.6 is 11.3 Å². The Labute approximate surface area is 497 Å². The summed E-state index contributed by atoms with van der Waals surface area (Å²) >= 11 is 1.57. The SMILES string of the molecule is Cc1ncsc1-c1ccc(CNC(=O)[C@@H]2C[C@@H](O)CN2C(=O)C(NC(=O)CCCCCCCCCC(=O)N2CCN(c3ccc(-c4cc(NC(=O)c5c[nH]c(=O)cc5C(F)(F)F)c(N5C[C@@H](C)N(C)[C@@H](C)C5)cc4F)cn3)CC2)C(C)(C)C)cc1. The van der Waals surface area contributed by atoms with Crippen LogP contribution in [0.2, 0.25) is 0 Å². The minimum Gasteiger partial charge on any atom is -0.391 e. The monoisotopic (exact) mass is 1200 g/mol. The number of aromatic nitrogens is 3. The average molecular weight is 1200 g/mol. The molecule has 5 amide bonds. The number of hydrogen-bond donors (Lipinski definition) is 5. The molecular weight excluding hydrogens is 1120 g/mol. The van der Waals surface area contributed by atoms with E-state index in [0.717, 1.165) is 66.4 Å². The number of amides is 5. The van der Waals surface area contributed by atoms with Crippen molar-refractivity contribution in [2.24, 2.45) is 5.41 Å². The Kier molecular flexibility index (Phi) is 20.9. The number of aryl methyl sites for hydroxylation is 1. The minimum atomic E-state index is -4.99. The molecule has 23 heteroatoms. The van der Waals surface area contributed by atoms with Crippen molar-refractivity contribution in [3.8, 4) is 21.6 Å². The second-order valence-corrected chi connectivity index (χ2v) is 24.7. The topological polar surface area (TPSA) is 217 Å². The van der Waals surface area contributed by atoms with Crippen molar-refractivity contribution < 1.29 is 46.6 Å². The molecule has 3 aliphatic rings. The number of likely N-dealkylation sites (N-methyl/N-ethyl adjacent to an activating group) is 1. The number of carbonyl (C=O) groups is 5. The molecule has 0 saturated carbocycles. The lowest BCUT2D eigenvalue weighted by Crippen LogP contribution is -2.57. The van der Waals surface area contributed by atoms with Crippen LogP contribution in [0.5, 0.6) is 0 Å².